The summed E-state index contributed by atoms with van der Waals surface area (Å²) in [6.07, 6.45) is -3.30. The Hall–Kier alpha value is -3.12. The van der Waals surface area contributed by atoms with Crippen LogP contribution in [0.5, 0.6) is 0 Å². The molecule has 1 fully saturated rings. The van der Waals surface area contributed by atoms with Crippen LogP contribution in [0.4, 0.5) is 18.9 Å². The summed E-state index contributed by atoms with van der Waals surface area (Å²) in [7, 11) is 0. The van der Waals surface area contributed by atoms with Crippen LogP contribution in [0.1, 0.15) is 33.3 Å². The van der Waals surface area contributed by atoms with Crippen LogP contribution in [0, 0.1) is 13.8 Å². The van der Waals surface area contributed by atoms with Crippen LogP contribution >= 0.6 is 0 Å². The maximum Gasteiger partial charge on any atom is 0.435 e. The van der Waals surface area contributed by atoms with E-state index in [0.29, 0.717) is 25.5 Å². The first-order valence-electron chi connectivity index (χ1n) is 9.60. The molecule has 1 amide bonds. The summed E-state index contributed by atoms with van der Waals surface area (Å²) in [5, 5.41) is 9.00. The number of halogens is 3. The van der Waals surface area contributed by atoms with E-state index in [1.165, 1.54) is 13.1 Å². The number of anilines is 1. The molecule has 1 aliphatic rings. The van der Waals surface area contributed by atoms with E-state index in [0.717, 1.165) is 18.7 Å². The molecule has 0 radical (unpaired) electrons. The molecule has 4 rings (SSSR count). The van der Waals surface area contributed by atoms with Crippen LogP contribution in [0.2, 0.25) is 0 Å². The molecule has 12 heteroatoms. The van der Waals surface area contributed by atoms with E-state index >= 15 is 0 Å². The fourth-order valence-corrected chi connectivity index (χ4v) is 3.39. The zero-order valence-corrected chi connectivity index (χ0v) is 16.9. The number of nitrogens with one attached hydrogen (secondary N) is 3. The number of nitrogens with zero attached hydrogens (tertiary/aromatic N) is 3. The van der Waals surface area contributed by atoms with E-state index in [1.54, 1.807) is 13.0 Å². The Bertz CT molecular complexity index is 1080. The van der Waals surface area contributed by atoms with Crippen molar-refractivity contribution in [2.24, 2.45) is 0 Å². The van der Waals surface area contributed by atoms with Crippen molar-refractivity contribution in [1.29, 1.82) is 0 Å². The van der Waals surface area contributed by atoms with Gasteiger partial charge in [-0.1, -0.05) is 0 Å². The minimum absolute atomic E-state index is 0.0822. The van der Waals surface area contributed by atoms with E-state index in [4.69, 9.17) is 9.15 Å². The highest BCUT2D eigenvalue weighted by atomic mass is 19.4. The van der Waals surface area contributed by atoms with Gasteiger partial charge >= 0.3 is 6.18 Å². The summed E-state index contributed by atoms with van der Waals surface area (Å²) in [5.41, 5.74) is 0.0311. The van der Waals surface area contributed by atoms with Crippen LogP contribution in [0.15, 0.2) is 16.7 Å². The number of ether oxygens (including phenoxy) is 1. The maximum atomic E-state index is 13.0. The number of rotatable bonds is 5. The number of alkyl halides is 3. The van der Waals surface area contributed by atoms with Gasteiger partial charge < -0.3 is 19.5 Å². The second kappa shape index (κ2) is 8.19. The number of aromatic nitrogens is 4. The lowest BCUT2D eigenvalue weighted by Gasteiger charge is -2.26. The van der Waals surface area contributed by atoms with Crippen LogP contribution in [-0.2, 0) is 17.5 Å². The zero-order chi connectivity index (χ0) is 22.2. The van der Waals surface area contributed by atoms with Crippen LogP contribution in [0.25, 0.3) is 11.5 Å². The Morgan fingerprint density at radius 3 is 2.71 bits per heavy atom. The van der Waals surface area contributed by atoms with Gasteiger partial charge in [-0.15, -0.1) is 0 Å². The first-order chi connectivity index (χ1) is 14.7. The molecule has 9 nitrogen and oxygen atoms in total. The number of carbonyl (C=O) groups excluding carboxylic acids is 1. The molecular formula is C19H21F3N6O3. The molecule has 4 heterocycles. The number of H-pyrrole nitrogens is 2. The average Bonchev–Trinajstić information content (AvgIpc) is 3.41. The number of morpholine rings is 1. The fraction of sp³-hybridized carbons (Fsp3) is 0.421. The number of aromatic amines is 2. The van der Waals surface area contributed by atoms with E-state index in [1.807, 2.05) is 0 Å². The minimum atomic E-state index is -4.59. The fourth-order valence-electron chi connectivity index (χ4n) is 3.39. The minimum Gasteiger partial charge on any atom is -0.456 e. The molecule has 3 aromatic rings. The van der Waals surface area contributed by atoms with Gasteiger partial charge in [-0.25, -0.2) is 4.98 Å². The molecule has 3 aromatic heterocycles. The maximum absolute atomic E-state index is 13.0. The standard InChI is InChI=1S/C19H21F3N6O3/c1-10-16(19(20,21)22)26-17(24-10)15-13(8-23-27-15)25-18(29)14-7-12(11(2)31-14)9-28-3-5-30-6-4-28/h7-8H,3-6,9H2,1-2H3,(H,23,27)(H,24,26)(H,25,29). The molecule has 166 valence electrons. The molecule has 1 saturated heterocycles. The largest absolute Gasteiger partial charge is 0.456 e. The van der Waals surface area contributed by atoms with E-state index < -0.39 is 17.8 Å². The third kappa shape index (κ3) is 4.49. The van der Waals surface area contributed by atoms with Crippen LogP contribution in [0.3, 0.4) is 0 Å². The monoisotopic (exact) mass is 438 g/mol. The van der Waals surface area contributed by atoms with Gasteiger partial charge in [0.15, 0.2) is 17.3 Å². The summed E-state index contributed by atoms with van der Waals surface area (Å²) in [4.78, 5) is 21.1. The van der Waals surface area contributed by atoms with Crippen LogP contribution < -0.4 is 5.32 Å². The number of hydrogen-bond acceptors (Lipinski definition) is 6. The molecule has 31 heavy (non-hydrogen) atoms. The lowest BCUT2D eigenvalue weighted by molar-refractivity contribution is -0.141. The lowest BCUT2D eigenvalue weighted by atomic mass is 10.2. The Labute approximate surface area is 175 Å². The molecule has 0 saturated carbocycles. The summed E-state index contributed by atoms with van der Waals surface area (Å²) in [5.74, 6) is 0.0969. The second-order valence-corrected chi connectivity index (χ2v) is 7.25. The Balaban J connectivity index is 1.51. The topological polar surface area (TPSA) is 112 Å². The highest BCUT2D eigenvalue weighted by Gasteiger charge is 2.36. The lowest BCUT2D eigenvalue weighted by Crippen LogP contribution is -2.35. The quantitative estimate of drug-likeness (QED) is 0.564. The number of furan rings is 1. The molecule has 0 spiro atoms. The third-order valence-electron chi connectivity index (χ3n) is 5.02. The van der Waals surface area contributed by atoms with Crippen molar-refractivity contribution < 1.29 is 27.1 Å². The molecular weight excluding hydrogens is 417 g/mol. The van der Waals surface area contributed by atoms with Gasteiger partial charge in [-0.3, -0.25) is 14.8 Å². The van der Waals surface area contributed by atoms with Gasteiger partial charge in [0, 0.05) is 30.9 Å². The van der Waals surface area contributed by atoms with Gasteiger partial charge in [-0.05, 0) is 19.9 Å². The van der Waals surface area contributed by atoms with Gasteiger partial charge in [-0.2, -0.15) is 18.3 Å². The first-order valence-corrected chi connectivity index (χ1v) is 9.60. The number of imidazole rings is 1. The van der Waals surface area contributed by atoms with Crippen molar-refractivity contribution in [3.63, 3.8) is 0 Å². The van der Waals surface area contributed by atoms with Crippen molar-refractivity contribution in [2.45, 2.75) is 26.6 Å². The average molecular weight is 438 g/mol. The summed E-state index contributed by atoms with van der Waals surface area (Å²) >= 11 is 0. The number of carbonyl (C=O) groups is 1. The smallest absolute Gasteiger partial charge is 0.435 e. The van der Waals surface area contributed by atoms with Crippen molar-refractivity contribution in [1.82, 2.24) is 25.1 Å². The summed E-state index contributed by atoms with van der Waals surface area (Å²) in [6, 6.07) is 1.67. The van der Waals surface area contributed by atoms with Crippen molar-refractivity contribution in [3.05, 3.63) is 40.7 Å². The number of amides is 1. The normalized spacial score (nSPS) is 15.4. The molecule has 3 N–H and O–H groups in total. The highest BCUT2D eigenvalue weighted by molar-refractivity contribution is 6.04. The van der Waals surface area contributed by atoms with E-state index in [2.05, 4.69) is 30.4 Å². The molecule has 0 atom stereocenters. The van der Waals surface area contributed by atoms with Crippen molar-refractivity contribution >= 4 is 11.6 Å². The van der Waals surface area contributed by atoms with Gasteiger partial charge in [0.05, 0.1) is 25.1 Å². The van der Waals surface area contributed by atoms with E-state index in [-0.39, 0.29) is 28.7 Å². The molecule has 0 aliphatic carbocycles. The summed E-state index contributed by atoms with van der Waals surface area (Å²) < 4.78 is 50.1. The number of aryl methyl sites for hydroxylation is 2. The predicted molar refractivity (Wildman–Crippen MR) is 103 cm³/mol. The van der Waals surface area contributed by atoms with E-state index in [9.17, 15) is 18.0 Å². The summed E-state index contributed by atoms with van der Waals surface area (Å²) in [6.45, 7) is 6.61. The predicted octanol–water partition coefficient (Wildman–Crippen LogP) is 3.11. The van der Waals surface area contributed by atoms with Crippen molar-refractivity contribution in [3.8, 4) is 11.5 Å². The van der Waals surface area contributed by atoms with Crippen molar-refractivity contribution in [2.75, 3.05) is 31.6 Å². The van der Waals surface area contributed by atoms with Gasteiger partial charge in [0.2, 0.25) is 0 Å². The third-order valence-corrected chi connectivity index (χ3v) is 5.02. The Morgan fingerprint density at radius 2 is 2.03 bits per heavy atom. The SMILES string of the molecule is Cc1[nH]c(-c2[nH]ncc2NC(=O)c2cc(CN3CCOCC3)c(C)o2)nc1C(F)(F)F. The molecule has 0 bridgehead atoms. The Kier molecular flexibility index (Phi) is 5.58. The molecule has 1 aliphatic heterocycles. The number of hydrogen-bond donors (Lipinski definition) is 3. The second-order valence-electron chi connectivity index (χ2n) is 7.25. The van der Waals surface area contributed by atoms with Crippen LogP contribution in [-0.4, -0.2) is 57.3 Å². The highest BCUT2D eigenvalue weighted by Crippen LogP contribution is 2.33. The zero-order valence-electron chi connectivity index (χ0n) is 16.9. The first kappa shape index (κ1) is 21.1. The molecule has 0 unspecified atom stereocenters. The van der Waals surface area contributed by atoms with Gasteiger partial charge in [0.25, 0.3) is 5.91 Å². The van der Waals surface area contributed by atoms with Gasteiger partial charge in [0.1, 0.15) is 11.5 Å². The molecule has 0 aromatic carbocycles. The Morgan fingerprint density at radius 1 is 1.29 bits per heavy atom.